The molecule has 0 rings (SSSR count). The summed E-state index contributed by atoms with van der Waals surface area (Å²) in [6.45, 7) is 9.84. The van der Waals surface area contributed by atoms with Crippen molar-refractivity contribution >= 4 is 11.9 Å². The Morgan fingerprint density at radius 1 is 1.42 bits per heavy atom. The van der Waals surface area contributed by atoms with Crippen LogP contribution in [-0.2, 0) is 14.3 Å². The lowest BCUT2D eigenvalue weighted by molar-refractivity contribution is -0.143. The van der Waals surface area contributed by atoms with Crippen molar-refractivity contribution in [1.29, 1.82) is 0 Å². The maximum Gasteiger partial charge on any atom is 0.328 e. The van der Waals surface area contributed by atoms with Gasteiger partial charge >= 0.3 is 5.97 Å². The molecular weight excluding hydrogens is 246 g/mol. The minimum Gasteiger partial charge on any atom is -0.480 e. The first kappa shape index (κ1) is 17.6. The van der Waals surface area contributed by atoms with E-state index >= 15 is 0 Å². The number of amides is 1. The highest BCUT2D eigenvalue weighted by molar-refractivity contribution is 5.83. The highest BCUT2D eigenvalue weighted by atomic mass is 16.5. The van der Waals surface area contributed by atoms with Crippen LogP contribution in [-0.4, -0.2) is 36.2 Å². The third-order valence-electron chi connectivity index (χ3n) is 3.07. The summed E-state index contributed by atoms with van der Waals surface area (Å²) in [5.41, 5.74) is 0. The third kappa shape index (κ3) is 7.62. The molecule has 2 atom stereocenters. The Kier molecular flexibility index (Phi) is 8.87. The van der Waals surface area contributed by atoms with Gasteiger partial charge in [0.2, 0.25) is 5.91 Å². The first-order chi connectivity index (χ1) is 8.92. The van der Waals surface area contributed by atoms with E-state index in [1.165, 1.54) is 6.08 Å². The Balaban J connectivity index is 4.30. The van der Waals surface area contributed by atoms with Gasteiger partial charge in [-0.25, -0.2) is 4.79 Å². The van der Waals surface area contributed by atoms with Crippen LogP contribution < -0.4 is 5.32 Å². The summed E-state index contributed by atoms with van der Waals surface area (Å²) in [5, 5.41) is 11.5. The van der Waals surface area contributed by atoms with E-state index in [0.717, 1.165) is 6.42 Å². The number of carbonyl (C=O) groups is 2. The molecule has 2 unspecified atom stereocenters. The van der Waals surface area contributed by atoms with Gasteiger partial charge in [0, 0.05) is 6.42 Å². The Morgan fingerprint density at radius 3 is 2.47 bits per heavy atom. The number of carbonyl (C=O) groups excluding carboxylic acids is 1. The van der Waals surface area contributed by atoms with Crippen LogP contribution in [0.25, 0.3) is 0 Å². The van der Waals surface area contributed by atoms with Crippen molar-refractivity contribution in [1.82, 2.24) is 5.32 Å². The second kappa shape index (κ2) is 9.55. The van der Waals surface area contributed by atoms with Gasteiger partial charge in [0.1, 0.15) is 0 Å². The van der Waals surface area contributed by atoms with Crippen LogP contribution in [0.15, 0.2) is 12.7 Å². The van der Waals surface area contributed by atoms with E-state index in [0.29, 0.717) is 12.3 Å². The number of ether oxygens (including phenoxy) is 1. The van der Waals surface area contributed by atoms with Crippen LogP contribution in [0.5, 0.6) is 0 Å². The molecule has 0 heterocycles. The van der Waals surface area contributed by atoms with Gasteiger partial charge in [0.05, 0.1) is 13.2 Å². The predicted molar refractivity (Wildman–Crippen MR) is 73.8 cm³/mol. The number of hydrogen-bond donors (Lipinski definition) is 2. The molecule has 5 nitrogen and oxygen atoms in total. The summed E-state index contributed by atoms with van der Waals surface area (Å²) in [4.78, 5) is 22.8. The quantitative estimate of drug-likeness (QED) is 0.469. The molecule has 0 aliphatic heterocycles. The molecule has 0 radical (unpaired) electrons. The molecule has 0 aliphatic rings. The maximum atomic E-state index is 11.8. The average molecular weight is 271 g/mol. The molecule has 19 heavy (non-hydrogen) atoms. The average Bonchev–Trinajstić information content (AvgIpc) is 2.34. The van der Waals surface area contributed by atoms with E-state index in [4.69, 9.17) is 9.84 Å². The molecule has 1 amide bonds. The predicted octanol–water partition coefficient (Wildman–Crippen LogP) is 1.83. The van der Waals surface area contributed by atoms with Crippen LogP contribution in [0, 0.1) is 11.8 Å². The van der Waals surface area contributed by atoms with Crippen molar-refractivity contribution in [2.45, 2.75) is 39.7 Å². The largest absolute Gasteiger partial charge is 0.480 e. The molecule has 0 saturated carbocycles. The zero-order valence-corrected chi connectivity index (χ0v) is 12.0. The van der Waals surface area contributed by atoms with E-state index < -0.39 is 12.0 Å². The van der Waals surface area contributed by atoms with E-state index in [2.05, 4.69) is 25.7 Å². The van der Waals surface area contributed by atoms with Gasteiger partial charge in [-0.3, -0.25) is 4.79 Å². The number of hydrogen-bond acceptors (Lipinski definition) is 3. The van der Waals surface area contributed by atoms with Crippen LogP contribution in [0.4, 0.5) is 0 Å². The summed E-state index contributed by atoms with van der Waals surface area (Å²) < 4.78 is 5.07. The molecular formula is C14H25NO4. The summed E-state index contributed by atoms with van der Waals surface area (Å²) in [6, 6.07) is -1.00. The normalized spacial score (nSPS) is 13.9. The molecule has 0 aromatic heterocycles. The van der Waals surface area contributed by atoms with Crippen molar-refractivity contribution < 1.29 is 19.4 Å². The van der Waals surface area contributed by atoms with E-state index in [1.807, 2.05) is 6.92 Å². The Bertz CT molecular complexity index is 302. The number of aliphatic carboxylic acids is 1. The summed E-state index contributed by atoms with van der Waals surface area (Å²) in [7, 11) is 0. The minimum atomic E-state index is -1.09. The number of carboxylic acid groups (broad SMARTS) is 1. The maximum absolute atomic E-state index is 11.8. The molecule has 110 valence electrons. The molecule has 0 saturated heterocycles. The van der Waals surface area contributed by atoms with Crippen molar-refractivity contribution in [2.24, 2.45) is 11.8 Å². The summed E-state index contributed by atoms with van der Waals surface area (Å²) in [6.07, 6.45) is 2.78. The van der Waals surface area contributed by atoms with Crippen molar-refractivity contribution in [3.63, 3.8) is 0 Å². The minimum absolute atomic E-state index is 0.0500. The number of nitrogens with one attached hydrogen (secondary N) is 1. The van der Waals surface area contributed by atoms with Crippen molar-refractivity contribution in [2.75, 3.05) is 13.2 Å². The topological polar surface area (TPSA) is 75.6 Å². The van der Waals surface area contributed by atoms with Crippen LogP contribution in [0.3, 0.4) is 0 Å². The van der Waals surface area contributed by atoms with Gasteiger partial charge in [-0.1, -0.05) is 33.3 Å². The summed E-state index contributed by atoms with van der Waals surface area (Å²) >= 11 is 0. The van der Waals surface area contributed by atoms with Crippen molar-refractivity contribution in [3.05, 3.63) is 12.7 Å². The highest BCUT2D eigenvalue weighted by Gasteiger charge is 2.22. The molecule has 0 fully saturated rings. The number of carboxylic acids is 1. The van der Waals surface area contributed by atoms with Crippen molar-refractivity contribution in [3.8, 4) is 0 Å². The first-order valence-corrected chi connectivity index (χ1v) is 6.63. The monoisotopic (exact) mass is 271 g/mol. The Morgan fingerprint density at radius 2 is 2.05 bits per heavy atom. The molecule has 2 N–H and O–H groups in total. The van der Waals surface area contributed by atoms with E-state index in [-0.39, 0.29) is 25.0 Å². The van der Waals surface area contributed by atoms with Crippen LogP contribution in [0.2, 0.25) is 0 Å². The standard InChI is InChI=1S/C14H25NO4/c1-5-7-19-9-12(14(17)18)15-13(16)8-11(6-2)10(3)4/h5,10-12H,1,6-9H2,2-4H3,(H,15,16)(H,17,18). The molecule has 0 aromatic carbocycles. The molecule has 5 heteroatoms. The molecule has 0 aromatic rings. The van der Waals surface area contributed by atoms with Gasteiger partial charge in [-0.15, -0.1) is 6.58 Å². The highest BCUT2D eigenvalue weighted by Crippen LogP contribution is 2.18. The second-order valence-corrected chi connectivity index (χ2v) is 4.90. The fraction of sp³-hybridized carbons (Fsp3) is 0.714. The second-order valence-electron chi connectivity index (χ2n) is 4.90. The van der Waals surface area contributed by atoms with Crippen LogP contribution in [0.1, 0.15) is 33.6 Å². The summed E-state index contributed by atoms with van der Waals surface area (Å²) in [5.74, 6) is -0.662. The zero-order valence-electron chi connectivity index (χ0n) is 12.0. The number of rotatable bonds is 10. The van der Waals surface area contributed by atoms with Gasteiger partial charge in [0.25, 0.3) is 0 Å². The Hall–Kier alpha value is -1.36. The van der Waals surface area contributed by atoms with Gasteiger partial charge in [-0.2, -0.15) is 0 Å². The third-order valence-corrected chi connectivity index (χ3v) is 3.07. The van der Waals surface area contributed by atoms with Gasteiger partial charge in [-0.05, 0) is 11.8 Å². The zero-order chi connectivity index (χ0) is 14.8. The molecule has 0 aliphatic carbocycles. The molecule has 0 spiro atoms. The Labute approximate surface area is 115 Å². The van der Waals surface area contributed by atoms with Crippen LogP contribution >= 0.6 is 0 Å². The van der Waals surface area contributed by atoms with Gasteiger partial charge in [0.15, 0.2) is 6.04 Å². The lowest BCUT2D eigenvalue weighted by Gasteiger charge is -2.20. The lowest BCUT2D eigenvalue weighted by atomic mass is 9.90. The lowest BCUT2D eigenvalue weighted by Crippen LogP contribution is -2.44. The van der Waals surface area contributed by atoms with E-state index in [9.17, 15) is 9.59 Å². The molecule has 0 bridgehead atoms. The fourth-order valence-electron chi connectivity index (χ4n) is 1.79. The van der Waals surface area contributed by atoms with E-state index in [1.54, 1.807) is 0 Å². The smallest absolute Gasteiger partial charge is 0.328 e. The fourth-order valence-corrected chi connectivity index (χ4v) is 1.79. The van der Waals surface area contributed by atoms with Gasteiger partial charge < -0.3 is 15.2 Å². The SMILES string of the molecule is C=CCOCC(NC(=O)CC(CC)C(C)C)C(=O)O. The first-order valence-electron chi connectivity index (χ1n) is 6.63.